The van der Waals surface area contributed by atoms with Crippen LogP contribution in [0.4, 0.5) is 14.5 Å². The first-order valence-electron chi connectivity index (χ1n) is 10.4. The van der Waals surface area contributed by atoms with E-state index in [9.17, 15) is 13.6 Å². The number of ether oxygens (including phenoxy) is 4. The van der Waals surface area contributed by atoms with Crippen molar-refractivity contribution >= 4 is 11.6 Å². The molecular formula is C23H28F2N2O5. The van der Waals surface area contributed by atoms with E-state index < -0.39 is 17.4 Å². The highest BCUT2D eigenvalue weighted by Crippen LogP contribution is 2.32. The van der Waals surface area contributed by atoms with Gasteiger partial charge in [-0.15, -0.1) is 0 Å². The van der Waals surface area contributed by atoms with Crippen molar-refractivity contribution in [1.29, 1.82) is 0 Å². The third kappa shape index (κ3) is 6.21. The van der Waals surface area contributed by atoms with E-state index in [4.69, 9.17) is 14.2 Å². The number of anilines is 1. The van der Waals surface area contributed by atoms with E-state index >= 15 is 0 Å². The topological polar surface area (TPSA) is 78.9 Å². The molecule has 2 fully saturated rings. The molecule has 174 valence electrons. The molecule has 0 spiro atoms. The minimum absolute atomic E-state index is 0.0694. The van der Waals surface area contributed by atoms with Crippen LogP contribution in [-0.4, -0.2) is 42.6 Å². The minimum Gasteiger partial charge on any atom is -0.494 e. The first kappa shape index (κ1) is 24.0. The van der Waals surface area contributed by atoms with E-state index in [0.29, 0.717) is 12.3 Å². The Hall–Kier alpha value is -2.62. The summed E-state index contributed by atoms with van der Waals surface area (Å²) in [6.07, 6.45) is 2.95. The standard InChI is InChI=1S/C16H22N2O4.C7H6F2O/c1-10-4-7-13(21-10)15(19)18-11-5-6-12(17-8-11)14-9-20-16(2,3)22-14;1-10-6-4-2-3-5(8)7(6)9/h5-6,8,10,13-14H,4,7,9H2,1-3H3,(H,18,19);2-4H,1H3. The molecule has 2 saturated heterocycles. The summed E-state index contributed by atoms with van der Waals surface area (Å²) in [6, 6.07) is 7.46. The van der Waals surface area contributed by atoms with Crippen LogP contribution in [0.2, 0.25) is 0 Å². The van der Waals surface area contributed by atoms with Crippen LogP contribution in [-0.2, 0) is 19.0 Å². The molecule has 0 radical (unpaired) electrons. The molecule has 0 bridgehead atoms. The zero-order valence-corrected chi connectivity index (χ0v) is 18.6. The summed E-state index contributed by atoms with van der Waals surface area (Å²) in [4.78, 5) is 16.4. The van der Waals surface area contributed by atoms with E-state index in [0.717, 1.165) is 24.6 Å². The number of pyridine rings is 1. The second-order valence-electron chi connectivity index (χ2n) is 8.05. The molecule has 2 aliphatic heterocycles. The van der Waals surface area contributed by atoms with Crippen molar-refractivity contribution in [3.05, 3.63) is 53.9 Å². The number of hydrogen-bond donors (Lipinski definition) is 1. The van der Waals surface area contributed by atoms with Crippen LogP contribution in [0, 0.1) is 11.6 Å². The van der Waals surface area contributed by atoms with Gasteiger partial charge in [-0.2, -0.15) is 4.39 Å². The van der Waals surface area contributed by atoms with E-state index in [2.05, 4.69) is 15.0 Å². The Labute approximate surface area is 186 Å². The number of nitrogens with one attached hydrogen (secondary N) is 1. The number of rotatable bonds is 4. The van der Waals surface area contributed by atoms with E-state index in [1.807, 2.05) is 32.9 Å². The summed E-state index contributed by atoms with van der Waals surface area (Å²) in [6.45, 7) is 6.22. The second kappa shape index (κ2) is 10.3. The van der Waals surface area contributed by atoms with Gasteiger partial charge in [0.2, 0.25) is 5.82 Å². The van der Waals surface area contributed by atoms with Gasteiger partial charge in [-0.1, -0.05) is 6.07 Å². The molecule has 0 aliphatic carbocycles. The Morgan fingerprint density at radius 1 is 1.22 bits per heavy atom. The summed E-state index contributed by atoms with van der Waals surface area (Å²) < 4.78 is 46.2. The quantitative estimate of drug-likeness (QED) is 0.745. The summed E-state index contributed by atoms with van der Waals surface area (Å²) in [5, 5.41) is 2.84. The molecule has 4 rings (SSSR count). The van der Waals surface area contributed by atoms with E-state index in [-0.39, 0.29) is 30.0 Å². The number of benzene rings is 1. The highest BCUT2D eigenvalue weighted by molar-refractivity contribution is 5.94. The second-order valence-corrected chi connectivity index (χ2v) is 8.05. The SMILES string of the molecule is CC1CCC(C(=O)Nc2ccc(C3COC(C)(C)O3)nc2)O1.COc1cccc(F)c1F. The van der Waals surface area contributed by atoms with Crippen molar-refractivity contribution in [2.24, 2.45) is 0 Å². The zero-order valence-electron chi connectivity index (χ0n) is 18.6. The number of halogens is 2. The molecule has 3 heterocycles. The smallest absolute Gasteiger partial charge is 0.253 e. The molecule has 7 nitrogen and oxygen atoms in total. The van der Waals surface area contributed by atoms with Crippen molar-refractivity contribution in [2.75, 3.05) is 19.0 Å². The molecule has 3 unspecified atom stereocenters. The highest BCUT2D eigenvalue weighted by atomic mass is 19.2. The van der Waals surface area contributed by atoms with Crippen LogP contribution in [0.3, 0.4) is 0 Å². The van der Waals surface area contributed by atoms with Crippen LogP contribution >= 0.6 is 0 Å². The number of nitrogens with zero attached hydrogens (tertiary/aromatic N) is 1. The van der Waals surface area contributed by atoms with Gasteiger partial charge >= 0.3 is 0 Å². The van der Waals surface area contributed by atoms with Crippen LogP contribution in [0.1, 0.15) is 45.4 Å². The third-order valence-electron chi connectivity index (χ3n) is 5.05. The summed E-state index contributed by atoms with van der Waals surface area (Å²) in [5.74, 6) is -2.58. The summed E-state index contributed by atoms with van der Waals surface area (Å²) >= 11 is 0. The number of aromatic nitrogens is 1. The highest BCUT2D eigenvalue weighted by Gasteiger charge is 2.34. The molecule has 1 amide bonds. The van der Waals surface area contributed by atoms with Gasteiger partial charge in [-0.25, -0.2) is 4.39 Å². The lowest BCUT2D eigenvalue weighted by molar-refractivity contribution is -0.139. The van der Waals surface area contributed by atoms with E-state index in [1.54, 1.807) is 6.20 Å². The predicted molar refractivity (Wildman–Crippen MR) is 113 cm³/mol. The summed E-state index contributed by atoms with van der Waals surface area (Å²) in [5.41, 5.74) is 1.46. The van der Waals surface area contributed by atoms with Crippen LogP contribution in [0.15, 0.2) is 36.5 Å². The van der Waals surface area contributed by atoms with Crippen LogP contribution in [0.25, 0.3) is 0 Å². The molecule has 1 aromatic carbocycles. The number of carbonyl (C=O) groups is 1. The first-order chi connectivity index (χ1) is 15.2. The van der Waals surface area contributed by atoms with Crippen molar-refractivity contribution in [3.63, 3.8) is 0 Å². The molecule has 32 heavy (non-hydrogen) atoms. The molecule has 1 N–H and O–H groups in total. The monoisotopic (exact) mass is 450 g/mol. The van der Waals surface area contributed by atoms with Gasteiger partial charge in [0, 0.05) is 0 Å². The van der Waals surface area contributed by atoms with Crippen LogP contribution in [0.5, 0.6) is 5.75 Å². The molecule has 3 atom stereocenters. The van der Waals surface area contributed by atoms with Gasteiger partial charge in [0.25, 0.3) is 5.91 Å². The van der Waals surface area contributed by atoms with Gasteiger partial charge < -0.3 is 24.3 Å². The summed E-state index contributed by atoms with van der Waals surface area (Å²) in [7, 11) is 1.29. The molecule has 0 saturated carbocycles. The number of carbonyl (C=O) groups excluding carboxylic acids is 1. The fourth-order valence-corrected chi connectivity index (χ4v) is 3.36. The van der Waals surface area contributed by atoms with Gasteiger partial charge in [-0.3, -0.25) is 9.78 Å². The van der Waals surface area contributed by atoms with Gasteiger partial charge in [0.05, 0.1) is 37.4 Å². The number of methoxy groups -OCH3 is 1. The lowest BCUT2D eigenvalue weighted by Gasteiger charge is -2.17. The van der Waals surface area contributed by atoms with Gasteiger partial charge in [0.15, 0.2) is 17.4 Å². The predicted octanol–water partition coefficient (Wildman–Crippen LogP) is 4.39. The van der Waals surface area contributed by atoms with Crippen molar-refractivity contribution in [2.45, 2.75) is 57.7 Å². The Kier molecular flexibility index (Phi) is 7.76. The largest absolute Gasteiger partial charge is 0.494 e. The number of amides is 1. The Morgan fingerprint density at radius 3 is 2.53 bits per heavy atom. The lowest BCUT2D eigenvalue weighted by atomic mass is 10.2. The normalized spacial score (nSPS) is 23.9. The zero-order chi connectivity index (χ0) is 23.3. The Balaban J connectivity index is 0.000000243. The molecule has 9 heteroatoms. The maximum Gasteiger partial charge on any atom is 0.253 e. The van der Waals surface area contributed by atoms with Gasteiger partial charge in [0.1, 0.15) is 12.2 Å². The first-order valence-corrected chi connectivity index (χ1v) is 10.4. The Bertz CT molecular complexity index is 923. The molecule has 2 aromatic rings. The van der Waals surface area contributed by atoms with Crippen LogP contribution < -0.4 is 10.1 Å². The molecular weight excluding hydrogens is 422 g/mol. The minimum atomic E-state index is -0.940. The maximum atomic E-state index is 12.5. The average molecular weight is 450 g/mol. The van der Waals surface area contributed by atoms with Crippen molar-refractivity contribution in [1.82, 2.24) is 4.98 Å². The van der Waals surface area contributed by atoms with E-state index in [1.165, 1.54) is 19.2 Å². The van der Waals surface area contributed by atoms with Crippen molar-refractivity contribution < 1.29 is 32.5 Å². The average Bonchev–Trinajstić information content (AvgIpc) is 3.36. The Morgan fingerprint density at radius 2 is 2.00 bits per heavy atom. The van der Waals surface area contributed by atoms with Crippen molar-refractivity contribution in [3.8, 4) is 5.75 Å². The molecule has 1 aromatic heterocycles. The van der Waals surface area contributed by atoms with Gasteiger partial charge in [-0.05, 0) is 57.9 Å². The fraction of sp³-hybridized carbons (Fsp3) is 0.478. The fourth-order valence-electron chi connectivity index (χ4n) is 3.36. The number of hydrogen-bond acceptors (Lipinski definition) is 6. The lowest BCUT2D eigenvalue weighted by Crippen LogP contribution is -2.27. The third-order valence-corrected chi connectivity index (χ3v) is 5.05. The molecule has 2 aliphatic rings. The maximum absolute atomic E-state index is 12.5.